The highest BCUT2D eigenvalue weighted by molar-refractivity contribution is 9.13. The Kier molecular flexibility index (Phi) is 4.04. The summed E-state index contributed by atoms with van der Waals surface area (Å²) in [5.41, 5.74) is -0.153. The molecule has 0 aliphatic heterocycles. The lowest BCUT2D eigenvalue weighted by Crippen LogP contribution is -2.04. The summed E-state index contributed by atoms with van der Waals surface area (Å²) in [6.45, 7) is -2.99. The molecule has 1 aromatic carbocycles. The number of hydrogen-bond acceptors (Lipinski definition) is 2. The Morgan fingerprint density at radius 3 is 2.47 bits per heavy atom. The number of alkyl halides is 2. The molecule has 0 bridgehead atoms. The first-order valence-corrected chi connectivity index (χ1v) is 5.17. The molecule has 15 heavy (non-hydrogen) atoms. The molecule has 0 aliphatic rings. The number of aromatic carboxylic acids is 1. The number of rotatable bonds is 3. The lowest BCUT2D eigenvalue weighted by atomic mass is 10.2. The van der Waals surface area contributed by atoms with Crippen LogP contribution >= 0.6 is 31.9 Å². The number of carboxylic acids is 1. The maximum absolute atomic E-state index is 11.9. The molecular formula is C8H4Br2F2O3. The van der Waals surface area contributed by atoms with Crippen molar-refractivity contribution < 1.29 is 23.4 Å². The van der Waals surface area contributed by atoms with E-state index < -0.39 is 12.6 Å². The van der Waals surface area contributed by atoms with Crippen LogP contribution in [0.3, 0.4) is 0 Å². The van der Waals surface area contributed by atoms with Crippen LogP contribution in [0.1, 0.15) is 10.4 Å². The second-order valence-electron chi connectivity index (χ2n) is 2.45. The van der Waals surface area contributed by atoms with Crippen LogP contribution in [0, 0.1) is 0 Å². The molecule has 0 aliphatic carbocycles. The number of benzene rings is 1. The zero-order chi connectivity index (χ0) is 11.6. The molecule has 3 nitrogen and oxygen atoms in total. The molecule has 0 spiro atoms. The van der Waals surface area contributed by atoms with E-state index in [1.165, 1.54) is 6.07 Å². The van der Waals surface area contributed by atoms with Gasteiger partial charge in [0.15, 0.2) is 0 Å². The normalized spacial score (nSPS) is 10.5. The van der Waals surface area contributed by atoms with Gasteiger partial charge in [0.1, 0.15) is 5.75 Å². The average molecular weight is 346 g/mol. The Morgan fingerprint density at radius 2 is 2.00 bits per heavy atom. The molecule has 0 unspecified atom stereocenters. The van der Waals surface area contributed by atoms with Crippen LogP contribution in [-0.4, -0.2) is 17.7 Å². The van der Waals surface area contributed by atoms with Crippen molar-refractivity contribution in [3.05, 3.63) is 26.6 Å². The summed E-state index contributed by atoms with van der Waals surface area (Å²) in [4.78, 5) is 10.7. The minimum atomic E-state index is -2.99. The third-order valence-electron chi connectivity index (χ3n) is 1.46. The predicted octanol–water partition coefficient (Wildman–Crippen LogP) is 3.51. The Balaban J connectivity index is 3.17. The summed E-state index contributed by atoms with van der Waals surface area (Å²) >= 11 is 6.03. The van der Waals surface area contributed by atoms with Crippen LogP contribution < -0.4 is 4.74 Å². The topological polar surface area (TPSA) is 46.5 Å². The highest BCUT2D eigenvalue weighted by Gasteiger charge is 2.15. The number of ether oxygens (including phenoxy) is 1. The maximum atomic E-state index is 11.9. The van der Waals surface area contributed by atoms with E-state index in [1.54, 1.807) is 0 Å². The van der Waals surface area contributed by atoms with Crippen molar-refractivity contribution in [2.45, 2.75) is 6.61 Å². The first-order valence-electron chi connectivity index (χ1n) is 3.59. The van der Waals surface area contributed by atoms with Gasteiger partial charge in [-0.2, -0.15) is 8.78 Å². The van der Waals surface area contributed by atoms with E-state index >= 15 is 0 Å². The third-order valence-corrected chi connectivity index (χ3v) is 3.47. The van der Waals surface area contributed by atoms with E-state index in [0.29, 0.717) is 4.47 Å². The quantitative estimate of drug-likeness (QED) is 0.911. The molecule has 0 saturated carbocycles. The van der Waals surface area contributed by atoms with Crippen molar-refractivity contribution in [3.63, 3.8) is 0 Å². The molecule has 1 N–H and O–H groups in total. The van der Waals surface area contributed by atoms with Crippen LogP contribution in [0.5, 0.6) is 5.75 Å². The van der Waals surface area contributed by atoms with E-state index in [9.17, 15) is 13.6 Å². The molecule has 0 radical (unpaired) electrons. The van der Waals surface area contributed by atoms with E-state index in [4.69, 9.17) is 5.11 Å². The van der Waals surface area contributed by atoms with E-state index in [2.05, 4.69) is 36.6 Å². The van der Waals surface area contributed by atoms with Gasteiger partial charge in [0, 0.05) is 8.95 Å². The van der Waals surface area contributed by atoms with Gasteiger partial charge in [0.05, 0.1) is 5.56 Å². The van der Waals surface area contributed by atoms with Crippen molar-refractivity contribution in [1.82, 2.24) is 0 Å². The number of carboxylic acid groups (broad SMARTS) is 1. The lowest BCUT2D eigenvalue weighted by Gasteiger charge is -2.08. The Labute approximate surface area is 100 Å². The SMILES string of the molecule is O=C(O)c1cc(OC(F)F)cc(Br)c1Br. The minimum absolute atomic E-state index is 0.153. The van der Waals surface area contributed by atoms with E-state index in [0.717, 1.165) is 6.07 Å². The monoisotopic (exact) mass is 344 g/mol. The molecular weight excluding hydrogens is 342 g/mol. The van der Waals surface area contributed by atoms with Crippen LogP contribution in [0.15, 0.2) is 21.1 Å². The highest BCUT2D eigenvalue weighted by Crippen LogP contribution is 2.32. The molecule has 1 aromatic rings. The van der Waals surface area contributed by atoms with Gasteiger partial charge in [0.2, 0.25) is 0 Å². The summed E-state index contributed by atoms with van der Waals surface area (Å²) in [7, 11) is 0. The lowest BCUT2D eigenvalue weighted by molar-refractivity contribution is -0.0499. The fraction of sp³-hybridized carbons (Fsp3) is 0.125. The average Bonchev–Trinajstić information content (AvgIpc) is 2.09. The summed E-state index contributed by atoms with van der Waals surface area (Å²) in [5, 5.41) is 8.75. The van der Waals surface area contributed by atoms with Gasteiger partial charge in [-0.25, -0.2) is 4.79 Å². The van der Waals surface area contributed by atoms with Crippen LogP contribution in [0.25, 0.3) is 0 Å². The Hall–Kier alpha value is -0.690. The second-order valence-corrected chi connectivity index (χ2v) is 4.10. The number of halogens is 4. The smallest absolute Gasteiger partial charge is 0.387 e. The summed E-state index contributed by atoms with van der Waals surface area (Å²) in [5.74, 6) is -1.44. The van der Waals surface area contributed by atoms with Gasteiger partial charge in [-0.1, -0.05) is 0 Å². The van der Waals surface area contributed by atoms with Crippen molar-refractivity contribution in [3.8, 4) is 5.75 Å². The first kappa shape index (κ1) is 12.4. The minimum Gasteiger partial charge on any atom is -0.478 e. The van der Waals surface area contributed by atoms with Crippen LogP contribution in [-0.2, 0) is 0 Å². The molecule has 0 amide bonds. The zero-order valence-corrected chi connectivity index (χ0v) is 10.2. The number of carbonyl (C=O) groups is 1. The first-order chi connectivity index (χ1) is 6.91. The van der Waals surface area contributed by atoms with Crippen molar-refractivity contribution >= 4 is 37.8 Å². The standard InChI is InChI=1S/C8H4Br2F2O3/c9-5-2-3(15-8(11)12)1-4(6(5)10)7(13)14/h1-2,8H,(H,13,14). The molecule has 0 atom stereocenters. The summed E-state index contributed by atoms with van der Waals surface area (Å²) in [6, 6.07) is 2.27. The van der Waals surface area contributed by atoms with Crippen LogP contribution in [0.4, 0.5) is 8.78 Å². The van der Waals surface area contributed by atoms with E-state index in [-0.39, 0.29) is 15.8 Å². The van der Waals surface area contributed by atoms with E-state index in [1.807, 2.05) is 0 Å². The molecule has 7 heteroatoms. The van der Waals surface area contributed by atoms with Gasteiger partial charge in [-0.15, -0.1) is 0 Å². The van der Waals surface area contributed by atoms with Gasteiger partial charge in [-0.05, 0) is 44.0 Å². The summed E-state index contributed by atoms with van der Waals surface area (Å²) < 4.78 is 28.5. The number of hydrogen-bond donors (Lipinski definition) is 1. The van der Waals surface area contributed by atoms with Crippen molar-refractivity contribution in [2.24, 2.45) is 0 Å². The summed E-state index contributed by atoms with van der Waals surface area (Å²) in [6.07, 6.45) is 0. The predicted molar refractivity (Wildman–Crippen MR) is 55.4 cm³/mol. The van der Waals surface area contributed by atoms with Gasteiger partial charge in [-0.3, -0.25) is 0 Å². The van der Waals surface area contributed by atoms with Crippen molar-refractivity contribution in [1.29, 1.82) is 0 Å². The Bertz CT molecular complexity index is 396. The molecule has 1 rings (SSSR count). The fourth-order valence-electron chi connectivity index (χ4n) is 0.891. The fourth-order valence-corrected chi connectivity index (χ4v) is 1.73. The van der Waals surface area contributed by atoms with Crippen molar-refractivity contribution in [2.75, 3.05) is 0 Å². The Morgan fingerprint density at radius 1 is 1.40 bits per heavy atom. The zero-order valence-electron chi connectivity index (χ0n) is 7.01. The molecule has 0 fully saturated rings. The van der Waals surface area contributed by atoms with Gasteiger partial charge < -0.3 is 9.84 Å². The van der Waals surface area contributed by atoms with Gasteiger partial charge >= 0.3 is 12.6 Å². The molecule has 0 aromatic heterocycles. The largest absolute Gasteiger partial charge is 0.478 e. The van der Waals surface area contributed by atoms with Gasteiger partial charge in [0.25, 0.3) is 0 Å². The second kappa shape index (κ2) is 4.89. The molecule has 0 saturated heterocycles. The van der Waals surface area contributed by atoms with Crippen LogP contribution in [0.2, 0.25) is 0 Å². The third kappa shape index (κ3) is 3.13. The highest BCUT2D eigenvalue weighted by atomic mass is 79.9. The molecule has 0 heterocycles. The molecule has 82 valence electrons. The maximum Gasteiger partial charge on any atom is 0.387 e.